The summed E-state index contributed by atoms with van der Waals surface area (Å²) >= 11 is 0. The van der Waals surface area contributed by atoms with Crippen LogP contribution in [0, 0.1) is 16.7 Å². The molecule has 2 fully saturated rings. The minimum atomic E-state index is -0.491. The van der Waals surface area contributed by atoms with E-state index in [1.807, 2.05) is 0 Å². The van der Waals surface area contributed by atoms with E-state index in [2.05, 4.69) is 20.8 Å². The van der Waals surface area contributed by atoms with Crippen molar-refractivity contribution in [2.45, 2.75) is 64.9 Å². The number of hydrogen-bond acceptors (Lipinski definition) is 2. The molecule has 0 aromatic rings. The Morgan fingerprint density at radius 1 is 1.19 bits per heavy atom. The first-order valence-electron chi connectivity index (χ1n) is 6.78. The van der Waals surface area contributed by atoms with Gasteiger partial charge in [0.1, 0.15) is 0 Å². The van der Waals surface area contributed by atoms with Gasteiger partial charge in [-0.15, -0.1) is 0 Å². The fourth-order valence-electron chi connectivity index (χ4n) is 4.08. The van der Waals surface area contributed by atoms with Gasteiger partial charge >= 0.3 is 0 Å². The van der Waals surface area contributed by atoms with E-state index in [9.17, 15) is 5.11 Å². The Morgan fingerprint density at radius 2 is 1.81 bits per heavy atom. The van der Waals surface area contributed by atoms with Gasteiger partial charge in [-0.05, 0) is 43.4 Å². The maximum absolute atomic E-state index is 11.1. The van der Waals surface area contributed by atoms with Gasteiger partial charge in [0.2, 0.25) is 0 Å². The Labute approximate surface area is 99.6 Å². The summed E-state index contributed by atoms with van der Waals surface area (Å²) in [5.74, 6) is 0.389. The fourth-order valence-corrected chi connectivity index (χ4v) is 4.08. The predicted molar refractivity (Wildman–Crippen MR) is 67.1 cm³/mol. The molecule has 16 heavy (non-hydrogen) atoms. The monoisotopic (exact) mass is 225 g/mol. The first kappa shape index (κ1) is 12.4. The molecule has 0 saturated heterocycles. The molecule has 0 heterocycles. The summed E-state index contributed by atoms with van der Waals surface area (Å²) in [5, 5.41) is 11.1. The third-order valence-electron chi connectivity index (χ3n) is 5.48. The summed E-state index contributed by atoms with van der Waals surface area (Å²) in [6.45, 7) is 7.52. The number of hydrogen-bond donors (Lipinski definition) is 2. The molecule has 2 heteroatoms. The van der Waals surface area contributed by atoms with Crippen LogP contribution in [0.25, 0.3) is 0 Å². The largest absolute Gasteiger partial charge is 0.389 e. The molecular weight excluding hydrogens is 198 g/mol. The van der Waals surface area contributed by atoms with Gasteiger partial charge in [0.05, 0.1) is 5.60 Å². The van der Waals surface area contributed by atoms with Gasteiger partial charge < -0.3 is 10.8 Å². The standard InChI is InChI=1S/C14H27NO/c1-11-9-12(2,3)7-8-14(11,16)13(10-15)5-4-6-13/h11,16H,4-10,15H2,1-3H3. The van der Waals surface area contributed by atoms with E-state index in [1.54, 1.807) is 0 Å². The van der Waals surface area contributed by atoms with Gasteiger partial charge in [-0.25, -0.2) is 0 Å². The molecule has 2 rings (SSSR count). The summed E-state index contributed by atoms with van der Waals surface area (Å²) in [7, 11) is 0. The van der Waals surface area contributed by atoms with Crippen molar-refractivity contribution in [3.63, 3.8) is 0 Å². The van der Waals surface area contributed by atoms with Crippen LogP contribution in [0.3, 0.4) is 0 Å². The molecule has 2 nitrogen and oxygen atoms in total. The van der Waals surface area contributed by atoms with Gasteiger partial charge in [0.15, 0.2) is 0 Å². The maximum Gasteiger partial charge on any atom is 0.0741 e. The van der Waals surface area contributed by atoms with Crippen LogP contribution in [0.5, 0.6) is 0 Å². The first-order chi connectivity index (χ1) is 7.35. The summed E-state index contributed by atoms with van der Waals surface area (Å²) in [4.78, 5) is 0. The molecule has 0 amide bonds. The van der Waals surface area contributed by atoms with Crippen molar-refractivity contribution in [1.29, 1.82) is 0 Å². The third kappa shape index (κ3) is 1.62. The molecule has 0 aliphatic heterocycles. The zero-order valence-electron chi connectivity index (χ0n) is 11.1. The van der Waals surface area contributed by atoms with Gasteiger partial charge in [0.25, 0.3) is 0 Å². The molecule has 2 aliphatic carbocycles. The zero-order valence-corrected chi connectivity index (χ0v) is 11.1. The van der Waals surface area contributed by atoms with Crippen LogP contribution in [0.2, 0.25) is 0 Å². The minimum Gasteiger partial charge on any atom is -0.389 e. The lowest BCUT2D eigenvalue weighted by atomic mass is 9.49. The lowest BCUT2D eigenvalue weighted by Gasteiger charge is -2.59. The van der Waals surface area contributed by atoms with Crippen LogP contribution in [0.4, 0.5) is 0 Å². The van der Waals surface area contributed by atoms with E-state index in [1.165, 1.54) is 6.42 Å². The molecule has 3 N–H and O–H groups in total. The van der Waals surface area contributed by atoms with E-state index >= 15 is 0 Å². The summed E-state index contributed by atoms with van der Waals surface area (Å²) in [6.07, 6.45) is 6.71. The highest BCUT2D eigenvalue weighted by atomic mass is 16.3. The van der Waals surface area contributed by atoms with Crippen molar-refractivity contribution in [2.75, 3.05) is 6.54 Å². The SMILES string of the molecule is CC1CC(C)(C)CCC1(O)C1(CN)CCC1. The quantitative estimate of drug-likeness (QED) is 0.759. The second kappa shape index (κ2) is 3.71. The molecule has 2 unspecified atom stereocenters. The highest BCUT2D eigenvalue weighted by Crippen LogP contribution is 2.58. The van der Waals surface area contributed by atoms with Gasteiger partial charge in [-0.1, -0.05) is 27.2 Å². The maximum atomic E-state index is 11.1. The average Bonchev–Trinajstić information content (AvgIpc) is 2.11. The summed E-state index contributed by atoms with van der Waals surface area (Å²) < 4.78 is 0. The molecule has 2 aliphatic rings. The lowest BCUT2D eigenvalue weighted by molar-refractivity contribution is -0.185. The predicted octanol–water partition coefficient (Wildman–Crippen LogP) is 2.69. The Bertz CT molecular complexity index is 264. The number of aliphatic hydroxyl groups is 1. The third-order valence-corrected chi connectivity index (χ3v) is 5.48. The normalized spacial score (nSPS) is 41.4. The van der Waals surface area contributed by atoms with Gasteiger partial charge in [-0.3, -0.25) is 0 Å². The molecule has 94 valence electrons. The van der Waals surface area contributed by atoms with Crippen LogP contribution in [0.15, 0.2) is 0 Å². The molecule has 2 atom stereocenters. The summed E-state index contributed by atoms with van der Waals surface area (Å²) in [5.41, 5.74) is 5.90. The van der Waals surface area contributed by atoms with Crippen molar-refractivity contribution in [3.8, 4) is 0 Å². The second-order valence-corrected chi connectivity index (χ2v) is 7.03. The van der Waals surface area contributed by atoms with Crippen LogP contribution < -0.4 is 5.73 Å². The van der Waals surface area contributed by atoms with Crippen LogP contribution in [-0.2, 0) is 0 Å². The fraction of sp³-hybridized carbons (Fsp3) is 1.00. The van der Waals surface area contributed by atoms with Crippen LogP contribution in [-0.4, -0.2) is 17.3 Å². The van der Waals surface area contributed by atoms with E-state index in [4.69, 9.17) is 5.73 Å². The van der Waals surface area contributed by atoms with E-state index in [0.717, 1.165) is 32.1 Å². The Balaban J connectivity index is 2.19. The van der Waals surface area contributed by atoms with Crippen molar-refractivity contribution < 1.29 is 5.11 Å². The summed E-state index contributed by atoms with van der Waals surface area (Å²) in [6, 6.07) is 0. The van der Waals surface area contributed by atoms with E-state index in [-0.39, 0.29) is 5.41 Å². The van der Waals surface area contributed by atoms with Crippen molar-refractivity contribution in [3.05, 3.63) is 0 Å². The average molecular weight is 225 g/mol. The highest BCUT2D eigenvalue weighted by molar-refractivity contribution is 5.09. The Morgan fingerprint density at radius 3 is 2.19 bits per heavy atom. The molecule has 0 radical (unpaired) electrons. The molecular formula is C14H27NO. The molecule has 0 bridgehead atoms. The van der Waals surface area contributed by atoms with Crippen molar-refractivity contribution >= 4 is 0 Å². The van der Waals surface area contributed by atoms with Crippen LogP contribution in [0.1, 0.15) is 59.3 Å². The smallest absolute Gasteiger partial charge is 0.0741 e. The number of nitrogens with two attached hydrogens (primary N) is 1. The Hall–Kier alpha value is -0.0800. The first-order valence-corrected chi connectivity index (χ1v) is 6.78. The van der Waals surface area contributed by atoms with Crippen molar-refractivity contribution in [2.24, 2.45) is 22.5 Å². The minimum absolute atomic E-state index is 0.0446. The van der Waals surface area contributed by atoms with Crippen molar-refractivity contribution in [1.82, 2.24) is 0 Å². The van der Waals surface area contributed by atoms with Gasteiger partial charge in [0, 0.05) is 12.0 Å². The molecule has 0 aromatic carbocycles. The zero-order chi connectivity index (χ0) is 12.0. The van der Waals surface area contributed by atoms with Crippen LogP contribution >= 0.6 is 0 Å². The topological polar surface area (TPSA) is 46.2 Å². The van der Waals surface area contributed by atoms with Gasteiger partial charge in [-0.2, -0.15) is 0 Å². The van der Waals surface area contributed by atoms with E-state index < -0.39 is 5.60 Å². The molecule has 2 saturated carbocycles. The Kier molecular flexibility index (Phi) is 2.87. The lowest BCUT2D eigenvalue weighted by Crippen LogP contribution is -2.62. The molecule has 0 aromatic heterocycles. The molecule has 0 spiro atoms. The number of rotatable bonds is 2. The second-order valence-electron chi connectivity index (χ2n) is 7.03. The van der Waals surface area contributed by atoms with E-state index in [0.29, 0.717) is 17.9 Å². The highest BCUT2D eigenvalue weighted by Gasteiger charge is 2.57.